The molecule has 1 heterocycles. The van der Waals surface area contributed by atoms with E-state index in [4.69, 9.17) is 10.8 Å². The average Bonchev–Trinajstić information content (AvgIpc) is 2.74. The number of nitro benzene ring substituents is 1. The van der Waals surface area contributed by atoms with Crippen LogP contribution in [0.2, 0.25) is 0 Å². The first-order chi connectivity index (χ1) is 8.91. The van der Waals surface area contributed by atoms with Gasteiger partial charge in [0.05, 0.1) is 15.8 Å². The van der Waals surface area contributed by atoms with Crippen LogP contribution in [0.5, 0.6) is 5.75 Å². The number of carboxylic acids is 1. The lowest BCUT2D eigenvalue weighted by Gasteiger charge is -2.05. The summed E-state index contributed by atoms with van der Waals surface area (Å²) in [5.74, 6) is -1.34. The molecule has 0 aliphatic rings. The van der Waals surface area contributed by atoms with Crippen molar-refractivity contribution < 1.29 is 19.9 Å². The van der Waals surface area contributed by atoms with Crippen molar-refractivity contribution in [3.05, 3.63) is 34.0 Å². The number of fused-ring (bicyclic) bond motifs is 1. The fraction of sp³-hybridized carbons (Fsp3) is 0.182. The molecule has 0 amide bonds. The third kappa shape index (κ3) is 2.20. The number of nitrogens with two attached hydrogens (primary N) is 1. The Morgan fingerprint density at radius 2 is 2.21 bits per heavy atom. The highest BCUT2D eigenvalue weighted by atomic mass is 16.6. The smallest absolute Gasteiger partial charge is 0.320 e. The van der Waals surface area contributed by atoms with E-state index < -0.39 is 16.9 Å². The van der Waals surface area contributed by atoms with Crippen molar-refractivity contribution in [2.75, 3.05) is 0 Å². The van der Waals surface area contributed by atoms with Gasteiger partial charge in [-0.1, -0.05) is 0 Å². The van der Waals surface area contributed by atoms with Crippen LogP contribution >= 0.6 is 0 Å². The second-order valence-electron chi connectivity index (χ2n) is 4.07. The van der Waals surface area contributed by atoms with Crippen LogP contribution in [0.3, 0.4) is 0 Å². The van der Waals surface area contributed by atoms with E-state index in [9.17, 15) is 20.0 Å². The number of carbonyl (C=O) groups is 1. The second-order valence-corrected chi connectivity index (χ2v) is 4.07. The first kappa shape index (κ1) is 12.8. The summed E-state index contributed by atoms with van der Waals surface area (Å²) in [6.07, 6.45) is 1.35. The zero-order valence-electron chi connectivity index (χ0n) is 9.66. The van der Waals surface area contributed by atoms with Crippen LogP contribution in [-0.4, -0.2) is 32.1 Å². The molecule has 1 atom stereocenters. The van der Waals surface area contributed by atoms with E-state index >= 15 is 0 Å². The van der Waals surface area contributed by atoms with E-state index in [0.717, 1.165) is 0 Å². The molecule has 100 valence electrons. The molecule has 1 aromatic carbocycles. The van der Waals surface area contributed by atoms with Gasteiger partial charge in [0.15, 0.2) is 0 Å². The number of H-pyrrole nitrogens is 1. The number of aromatic hydroxyl groups is 1. The van der Waals surface area contributed by atoms with Crippen molar-refractivity contribution in [2.24, 2.45) is 5.73 Å². The predicted molar refractivity (Wildman–Crippen MR) is 65.9 cm³/mol. The van der Waals surface area contributed by atoms with E-state index in [0.29, 0.717) is 5.56 Å². The molecule has 0 saturated carbocycles. The van der Waals surface area contributed by atoms with Crippen LogP contribution in [0.4, 0.5) is 5.69 Å². The Labute approximate surface area is 106 Å². The molecule has 0 saturated heterocycles. The van der Waals surface area contributed by atoms with Gasteiger partial charge in [-0.2, -0.15) is 0 Å². The summed E-state index contributed by atoms with van der Waals surface area (Å²) in [5, 5.41) is 29.5. The molecule has 19 heavy (non-hydrogen) atoms. The number of hydrogen-bond acceptors (Lipinski definition) is 5. The van der Waals surface area contributed by atoms with Crippen molar-refractivity contribution in [3.63, 3.8) is 0 Å². The number of nitrogens with zero attached hydrogens (tertiary/aromatic N) is 1. The molecule has 8 nitrogen and oxygen atoms in total. The second kappa shape index (κ2) is 4.58. The topological polar surface area (TPSA) is 142 Å². The third-order valence-corrected chi connectivity index (χ3v) is 2.83. The van der Waals surface area contributed by atoms with E-state index in [-0.39, 0.29) is 28.8 Å². The number of rotatable bonds is 4. The number of carboxylic acid groups (broad SMARTS) is 1. The Hall–Kier alpha value is -2.61. The Kier molecular flexibility index (Phi) is 3.09. The molecular formula is C11H11N3O5. The van der Waals surface area contributed by atoms with Crippen molar-refractivity contribution >= 4 is 22.6 Å². The maximum absolute atomic E-state index is 11.0. The van der Waals surface area contributed by atoms with Gasteiger partial charge in [-0.15, -0.1) is 0 Å². The van der Waals surface area contributed by atoms with Gasteiger partial charge in [0, 0.05) is 18.7 Å². The average molecular weight is 265 g/mol. The molecule has 0 aliphatic carbocycles. The molecule has 2 rings (SSSR count). The van der Waals surface area contributed by atoms with Crippen molar-refractivity contribution in [1.82, 2.24) is 4.98 Å². The molecule has 1 unspecified atom stereocenters. The lowest BCUT2D eigenvalue weighted by Crippen LogP contribution is -2.32. The lowest BCUT2D eigenvalue weighted by atomic mass is 10.0. The minimum absolute atomic E-state index is 0.0698. The summed E-state index contributed by atoms with van der Waals surface area (Å²) >= 11 is 0. The number of phenols is 1. The Morgan fingerprint density at radius 3 is 2.79 bits per heavy atom. The number of aliphatic carboxylic acids is 1. The normalized spacial score (nSPS) is 12.5. The number of nitrogens with one attached hydrogen (secondary N) is 1. The monoisotopic (exact) mass is 265 g/mol. The number of benzene rings is 1. The number of phenolic OH excluding ortho intramolecular Hbond substituents is 1. The molecule has 0 spiro atoms. The highest BCUT2D eigenvalue weighted by Crippen LogP contribution is 2.34. The fourth-order valence-corrected chi connectivity index (χ4v) is 1.92. The molecule has 0 fully saturated rings. The summed E-state index contributed by atoms with van der Waals surface area (Å²) in [4.78, 5) is 23.8. The van der Waals surface area contributed by atoms with Crippen molar-refractivity contribution in [2.45, 2.75) is 12.5 Å². The zero-order valence-corrected chi connectivity index (χ0v) is 9.66. The number of nitro groups is 1. The lowest BCUT2D eigenvalue weighted by molar-refractivity contribution is -0.383. The van der Waals surface area contributed by atoms with E-state index in [1.807, 2.05) is 0 Å². The van der Waals surface area contributed by atoms with Gasteiger partial charge in [0.1, 0.15) is 11.8 Å². The van der Waals surface area contributed by atoms with Crippen LogP contribution in [0, 0.1) is 10.1 Å². The minimum Gasteiger partial charge on any atom is -0.506 e. The van der Waals surface area contributed by atoms with Crippen LogP contribution in [0.15, 0.2) is 18.3 Å². The van der Waals surface area contributed by atoms with Crippen LogP contribution in [0.1, 0.15) is 5.56 Å². The SMILES string of the molecule is NC(Cc1c[nH]c2c(O)ccc([N+](=O)[O-])c12)C(=O)O. The molecular weight excluding hydrogens is 254 g/mol. The Morgan fingerprint density at radius 1 is 1.53 bits per heavy atom. The fourth-order valence-electron chi connectivity index (χ4n) is 1.92. The molecule has 0 aliphatic heterocycles. The summed E-state index contributed by atoms with van der Waals surface area (Å²) < 4.78 is 0. The van der Waals surface area contributed by atoms with Gasteiger partial charge in [-0.25, -0.2) is 0 Å². The minimum atomic E-state index is -1.20. The van der Waals surface area contributed by atoms with E-state index in [1.54, 1.807) is 0 Å². The highest BCUT2D eigenvalue weighted by Gasteiger charge is 2.22. The predicted octanol–water partition coefficient (Wildman–Crippen LogP) is 0.736. The largest absolute Gasteiger partial charge is 0.506 e. The molecule has 2 aromatic rings. The Bertz CT molecular complexity index is 664. The van der Waals surface area contributed by atoms with E-state index in [1.165, 1.54) is 18.3 Å². The first-order valence-corrected chi connectivity index (χ1v) is 5.36. The van der Waals surface area contributed by atoms with E-state index in [2.05, 4.69) is 4.98 Å². The van der Waals surface area contributed by atoms with Gasteiger partial charge in [-0.3, -0.25) is 14.9 Å². The molecule has 1 aromatic heterocycles. The van der Waals surface area contributed by atoms with Crippen LogP contribution < -0.4 is 5.73 Å². The maximum atomic E-state index is 11.0. The molecule has 8 heteroatoms. The summed E-state index contributed by atoms with van der Waals surface area (Å²) in [7, 11) is 0. The van der Waals surface area contributed by atoms with Gasteiger partial charge >= 0.3 is 5.97 Å². The standard InChI is InChI=1S/C11H11N3O5/c12-6(11(16)17)3-5-4-13-10-8(15)2-1-7(9(5)10)14(18)19/h1-2,4,6,13,15H,3,12H2,(H,16,17). The first-order valence-electron chi connectivity index (χ1n) is 5.36. The number of hydrogen-bond donors (Lipinski definition) is 4. The van der Waals surface area contributed by atoms with Crippen molar-refractivity contribution in [3.8, 4) is 5.75 Å². The number of non-ortho nitro benzene ring substituents is 1. The quantitative estimate of drug-likeness (QED) is 0.474. The van der Waals surface area contributed by atoms with Gasteiger partial charge in [-0.05, 0) is 11.6 Å². The van der Waals surface area contributed by atoms with Crippen molar-refractivity contribution in [1.29, 1.82) is 0 Å². The third-order valence-electron chi connectivity index (χ3n) is 2.83. The summed E-state index contributed by atoms with van der Waals surface area (Å²) in [6.45, 7) is 0. The number of aromatic amines is 1. The van der Waals surface area contributed by atoms with Crippen LogP contribution in [0.25, 0.3) is 10.9 Å². The highest BCUT2D eigenvalue weighted by molar-refractivity contribution is 5.96. The number of aromatic nitrogens is 1. The zero-order chi connectivity index (χ0) is 14.2. The summed E-state index contributed by atoms with van der Waals surface area (Å²) in [5.41, 5.74) is 5.79. The van der Waals surface area contributed by atoms with Gasteiger partial charge < -0.3 is 20.9 Å². The summed E-state index contributed by atoms with van der Waals surface area (Å²) in [6, 6.07) is 1.21. The molecule has 0 bridgehead atoms. The maximum Gasteiger partial charge on any atom is 0.320 e. The van der Waals surface area contributed by atoms with Crippen LogP contribution in [-0.2, 0) is 11.2 Å². The molecule has 0 radical (unpaired) electrons. The molecule has 5 N–H and O–H groups in total. The Balaban J connectivity index is 2.59. The van der Waals surface area contributed by atoms with Gasteiger partial charge in [0.2, 0.25) is 0 Å². The van der Waals surface area contributed by atoms with Gasteiger partial charge in [0.25, 0.3) is 5.69 Å².